The first-order valence-corrected chi connectivity index (χ1v) is 10.7. The topological polar surface area (TPSA) is 150 Å². The minimum absolute atomic E-state index is 0.0406. The monoisotopic (exact) mass is 463 g/mol. The molecule has 4 rings (SSSR count). The van der Waals surface area contributed by atoms with Crippen LogP contribution in [0, 0.1) is 5.82 Å². The molecule has 34 heavy (non-hydrogen) atoms. The molecule has 0 atom stereocenters. The van der Waals surface area contributed by atoms with Crippen LogP contribution in [0.3, 0.4) is 0 Å². The lowest BCUT2D eigenvalue weighted by atomic mass is 9.77. The standard InChI is InChI=1S/C25H26FN5O3/c1-25(33)11-14(12-25)30-23(28)21(24(29)32)22(27)13-7-8-16-18(9-13)31-19(10-20(16)34-2)15-5-3-4-6-17(15)26/h3-10,14,33H,11-12,27H2,1-2H3,(H2,28,30)(H2,29,32)/b22-21+. The molecule has 1 amide bonds. The number of methoxy groups -OCH3 is 1. The predicted molar refractivity (Wildman–Crippen MR) is 129 cm³/mol. The number of aromatic nitrogens is 1. The van der Waals surface area contributed by atoms with Crippen molar-refractivity contribution >= 4 is 28.3 Å². The van der Waals surface area contributed by atoms with Crippen LogP contribution in [0.2, 0.25) is 0 Å². The third kappa shape index (κ3) is 4.42. The number of nitrogens with two attached hydrogens (primary N) is 3. The van der Waals surface area contributed by atoms with E-state index >= 15 is 0 Å². The van der Waals surface area contributed by atoms with Gasteiger partial charge in [0.2, 0.25) is 0 Å². The van der Waals surface area contributed by atoms with E-state index in [1.165, 1.54) is 13.2 Å². The number of pyridine rings is 1. The fraction of sp³-hybridized carbons (Fsp3) is 0.240. The van der Waals surface area contributed by atoms with Crippen molar-refractivity contribution in [3.05, 3.63) is 65.5 Å². The molecule has 1 heterocycles. The van der Waals surface area contributed by atoms with E-state index in [1.807, 2.05) is 0 Å². The number of halogens is 1. The second-order valence-corrected chi connectivity index (χ2v) is 8.65. The molecule has 0 aliphatic heterocycles. The van der Waals surface area contributed by atoms with Gasteiger partial charge in [0.25, 0.3) is 5.91 Å². The van der Waals surface area contributed by atoms with Gasteiger partial charge in [0, 0.05) is 22.6 Å². The van der Waals surface area contributed by atoms with Gasteiger partial charge in [0.05, 0.1) is 35.7 Å². The van der Waals surface area contributed by atoms with Gasteiger partial charge in [-0.2, -0.15) is 0 Å². The molecule has 9 heteroatoms. The molecule has 0 saturated heterocycles. The van der Waals surface area contributed by atoms with Crippen LogP contribution in [-0.2, 0) is 4.79 Å². The Labute approximate surface area is 195 Å². The number of primary amides is 1. The van der Waals surface area contributed by atoms with E-state index in [-0.39, 0.29) is 23.1 Å². The molecular formula is C25H26FN5O3. The zero-order valence-electron chi connectivity index (χ0n) is 18.9. The van der Waals surface area contributed by atoms with Crippen LogP contribution in [0.4, 0.5) is 4.39 Å². The lowest BCUT2D eigenvalue weighted by Gasteiger charge is -2.38. The summed E-state index contributed by atoms with van der Waals surface area (Å²) in [6.07, 6.45) is 0.857. The zero-order valence-corrected chi connectivity index (χ0v) is 18.9. The molecule has 3 aromatic rings. The minimum Gasteiger partial charge on any atom is -0.496 e. The Morgan fingerprint density at radius 1 is 1.18 bits per heavy atom. The summed E-state index contributed by atoms with van der Waals surface area (Å²) < 4.78 is 19.9. The van der Waals surface area contributed by atoms with Crippen molar-refractivity contribution in [3.63, 3.8) is 0 Å². The highest BCUT2D eigenvalue weighted by molar-refractivity contribution is 6.24. The molecule has 2 aromatic carbocycles. The van der Waals surface area contributed by atoms with Crippen molar-refractivity contribution in [2.24, 2.45) is 22.2 Å². The highest BCUT2D eigenvalue weighted by Gasteiger charge is 2.38. The van der Waals surface area contributed by atoms with E-state index < -0.39 is 17.3 Å². The zero-order chi connectivity index (χ0) is 24.6. The van der Waals surface area contributed by atoms with Gasteiger partial charge in [-0.1, -0.05) is 18.2 Å². The number of ether oxygens (including phenoxy) is 1. The van der Waals surface area contributed by atoms with Crippen molar-refractivity contribution in [3.8, 4) is 17.0 Å². The lowest BCUT2D eigenvalue weighted by molar-refractivity contribution is -0.114. The van der Waals surface area contributed by atoms with Crippen molar-refractivity contribution in [2.45, 2.75) is 31.4 Å². The van der Waals surface area contributed by atoms with Gasteiger partial charge in [-0.15, -0.1) is 0 Å². The summed E-state index contributed by atoms with van der Waals surface area (Å²) in [5.74, 6) is -0.820. The highest BCUT2D eigenvalue weighted by Crippen LogP contribution is 2.35. The van der Waals surface area contributed by atoms with Crippen LogP contribution in [0.25, 0.3) is 27.9 Å². The van der Waals surface area contributed by atoms with E-state index in [2.05, 4.69) is 9.98 Å². The van der Waals surface area contributed by atoms with Crippen LogP contribution in [0.5, 0.6) is 5.75 Å². The average molecular weight is 464 g/mol. The van der Waals surface area contributed by atoms with Crippen LogP contribution in [-0.4, -0.2) is 40.6 Å². The van der Waals surface area contributed by atoms with Gasteiger partial charge in [0.15, 0.2) is 0 Å². The molecule has 176 valence electrons. The van der Waals surface area contributed by atoms with Crippen molar-refractivity contribution < 1.29 is 19.0 Å². The van der Waals surface area contributed by atoms with Gasteiger partial charge in [-0.25, -0.2) is 9.37 Å². The molecule has 0 spiro atoms. The first-order chi connectivity index (χ1) is 16.1. The number of aliphatic imine (C=N–C) groups is 1. The Hall–Kier alpha value is -3.98. The van der Waals surface area contributed by atoms with Crippen LogP contribution >= 0.6 is 0 Å². The lowest BCUT2D eigenvalue weighted by Crippen LogP contribution is -2.44. The van der Waals surface area contributed by atoms with Gasteiger partial charge in [0.1, 0.15) is 23.0 Å². The molecule has 1 aliphatic rings. The normalized spacial score (nSPS) is 21.1. The summed E-state index contributed by atoms with van der Waals surface area (Å²) in [7, 11) is 1.52. The summed E-state index contributed by atoms with van der Waals surface area (Å²) in [6.45, 7) is 1.71. The second kappa shape index (κ2) is 8.75. The first-order valence-electron chi connectivity index (χ1n) is 10.7. The molecule has 0 radical (unpaired) electrons. The Balaban J connectivity index is 1.81. The number of hydrogen-bond acceptors (Lipinski definition) is 6. The number of nitrogens with zero attached hydrogens (tertiary/aromatic N) is 2. The second-order valence-electron chi connectivity index (χ2n) is 8.65. The van der Waals surface area contributed by atoms with E-state index in [0.717, 1.165) is 0 Å². The number of fused-ring (bicyclic) bond motifs is 1. The molecule has 8 nitrogen and oxygen atoms in total. The molecule has 0 unspecified atom stereocenters. The largest absolute Gasteiger partial charge is 0.496 e. The fourth-order valence-electron chi connectivity index (χ4n) is 4.19. The third-order valence-electron chi connectivity index (χ3n) is 5.90. The predicted octanol–water partition coefficient (Wildman–Crippen LogP) is 2.48. The number of aliphatic hydroxyl groups is 1. The molecule has 1 aliphatic carbocycles. The van der Waals surface area contributed by atoms with Gasteiger partial charge >= 0.3 is 0 Å². The number of benzene rings is 2. The molecule has 1 saturated carbocycles. The number of rotatable bonds is 6. The minimum atomic E-state index is -0.824. The van der Waals surface area contributed by atoms with Crippen molar-refractivity contribution in [1.29, 1.82) is 0 Å². The summed E-state index contributed by atoms with van der Waals surface area (Å²) in [5, 5.41) is 10.6. The Morgan fingerprint density at radius 3 is 2.50 bits per heavy atom. The van der Waals surface area contributed by atoms with Crippen LogP contribution in [0.15, 0.2) is 59.1 Å². The van der Waals surface area contributed by atoms with Gasteiger partial charge in [-0.3, -0.25) is 9.79 Å². The van der Waals surface area contributed by atoms with Crippen molar-refractivity contribution in [2.75, 3.05) is 7.11 Å². The first kappa shape index (κ1) is 23.2. The summed E-state index contributed by atoms with van der Waals surface area (Å²) in [4.78, 5) is 21.1. The van der Waals surface area contributed by atoms with E-state index in [0.29, 0.717) is 46.3 Å². The number of carbonyl (C=O) groups is 1. The van der Waals surface area contributed by atoms with Gasteiger partial charge in [-0.05, 0) is 44.0 Å². The van der Waals surface area contributed by atoms with Gasteiger partial charge < -0.3 is 27.0 Å². The maximum Gasteiger partial charge on any atom is 0.254 e. The smallest absolute Gasteiger partial charge is 0.254 e. The van der Waals surface area contributed by atoms with Crippen LogP contribution in [0.1, 0.15) is 25.3 Å². The molecule has 0 bridgehead atoms. The molecule has 1 aromatic heterocycles. The molecular weight excluding hydrogens is 437 g/mol. The highest BCUT2D eigenvalue weighted by atomic mass is 19.1. The maximum atomic E-state index is 14.4. The fourth-order valence-corrected chi connectivity index (χ4v) is 4.19. The average Bonchev–Trinajstić information content (AvgIpc) is 2.76. The maximum absolute atomic E-state index is 14.4. The van der Waals surface area contributed by atoms with E-state index in [4.69, 9.17) is 21.9 Å². The number of carbonyl (C=O) groups excluding carboxylic acids is 1. The Bertz CT molecular complexity index is 1340. The molecule has 7 N–H and O–H groups in total. The van der Waals surface area contributed by atoms with Crippen molar-refractivity contribution in [1.82, 2.24) is 4.98 Å². The summed E-state index contributed by atoms with van der Waals surface area (Å²) in [6, 6.07) is 12.8. The SMILES string of the molecule is COc1cc(-c2ccccc2F)nc2cc(/C(N)=C(\C(N)=O)C(N)=NC3CC(C)(O)C3)ccc12. The Morgan fingerprint density at radius 2 is 1.88 bits per heavy atom. The van der Waals surface area contributed by atoms with E-state index in [1.54, 1.807) is 49.4 Å². The number of amidine groups is 1. The quantitative estimate of drug-likeness (QED) is 0.251. The summed E-state index contributed by atoms with van der Waals surface area (Å²) in [5.41, 5.74) is 18.7. The Kier molecular flexibility index (Phi) is 5.97. The summed E-state index contributed by atoms with van der Waals surface area (Å²) >= 11 is 0. The van der Waals surface area contributed by atoms with E-state index in [9.17, 15) is 14.3 Å². The molecule has 1 fully saturated rings. The number of hydrogen-bond donors (Lipinski definition) is 4. The number of amides is 1. The third-order valence-corrected chi connectivity index (χ3v) is 5.90. The van der Waals surface area contributed by atoms with Crippen LogP contribution < -0.4 is 21.9 Å².